The second kappa shape index (κ2) is 4.07. The number of nitrogens with one attached hydrogen (secondary N) is 1. The van der Waals surface area contributed by atoms with Crippen LogP contribution in [0.3, 0.4) is 0 Å². The highest BCUT2D eigenvalue weighted by Crippen LogP contribution is 2.21. The van der Waals surface area contributed by atoms with Crippen molar-refractivity contribution in [1.29, 1.82) is 0 Å². The molecule has 72 valence electrons. The third-order valence-corrected chi connectivity index (χ3v) is 3.03. The van der Waals surface area contributed by atoms with Crippen molar-refractivity contribution in [2.24, 2.45) is 11.7 Å². The summed E-state index contributed by atoms with van der Waals surface area (Å²) < 4.78 is 0. The number of nitrogens with two attached hydrogens (primary N) is 1. The van der Waals surface area contributed by atoms with Gasteiger partial charge in [0.15, 0.2) is 0 Å². The highest BCUT2D eigenvalue weighted by molar-refractivity contribution is 5.14. The van der Waals surface area contributed by atoms with Crippen LogP contribution >= 0.6 is 0 Å². The zero-order valence-corrected chi connectivity index (χ0v) is 7.95. The Labute approximate surface area is 79.9 Å². The van der Waals surface area contributed by atoms with E-state index in [2.05, 4.69) is 29.6 Å². The van der Waals surface area contributed by atoms with Gasteiger partial charge in [-0.3, -0.25) is 0 Å². The van der Waals surface area contributed by atoms with E-state index in [1.54, 1.807) is 0 Å². The van der Waals surface area contributed by atoms with E-state index in [0.717, 1.165) is 13.0 Å². The lowest BCUT2D eigenvalue weighted by Gasteiger charge is -2.35. The fraction of sp³-hybridized carbons (Fsp3) is 0.636. The van der Waals surface area contributed by atoms with Crippen molar-refractivity contribution in [3.05, 3.63) is 24.3 Å². The molecule has 0 radical (unpaired) electrons. The molecule has 2 aliphatic rings. The van der Waals surface area contributed by atoms with Gasteiger partial charge < -0.3 is 11.1 Å². The van der Waals surface area contributed by atoms with Crippen LogP contribution in [0.5, 0.6) is 0 Å². The van der Waals surface area contributed by atoms with Crippen LogP contribution in [-0.2, 0) is 0 Å². The van der Waals surface area contributed by atoms with E-state index in [0.29, 0.717) is 18.0 Å². The van der Waals surface area contributed by atoms with E-state index in [1.165, 1.54) is 12.8 Å². The summed E-state index contributed by atoms with van der Waals surface area (Å²) in [5, 5.41) is 3.53. The quantitative estimate of drug-likeness (QED) is 0.633. The molecule has 13 heavy (non-hydrogen) atoms. The largest absolute Gasteiger partial charge is 0.326 e. The monoisotopic (exact) mass is 178 g/mol. The Morgan fingerprint density at radius 1 is 1.31 bits per heavy atom. The second-order valence-electron chi connectivity index (χ2n) is 4.00. The fourth-order valence-corrected chi connectivity index (χ4v) is 2.27. The molecule has 0 amide bonds. The first-order valence-electron chi connectivity index (χ1n) is 5.20. The first kappa shape index (κ1) is 8.97. The van der Waals surface area contributed by atoms with Crippen LogP contribution in [0.2, 0.25) is 0 Å². The Hall–Kier alpha value is -0.600. The minimum absolute atomic E-state index is 0.342. The van der Waals surface area contributed by atoms with Gasteiger partial charge in [0.1, 0.15) is 0 Å². The average Bonchev–Trinajstić information content (AvgIpc) is 2.20. The highest BCUT2D eigenvalue weighted by Gasteiger charge is 2.27. The summed E-state index contributed by atoms with van der Waals surface area (Å²) in [5.74, 6) is 0.611. The SMILES string of the molecule is N[C@H]1CCCN[C@H]1C1C=CC=CC1. The molecule has 0 aromatic carbocycles. The first-order chi connectivity index (χ1) is 6.38. The number of hydrogen-bond donors (Lipinski definition) is 2. The van der Waals surface area contributed by atoms with E-state index >= 15 is 0 Å². The summed E-state index contributed by atoms with van der Waals surface area (Å²) in [4.78, 5) is 0. The molecule has 2 nitrogen and oxygen atoms in total. The molecular formula is C11H18N2. The second-order valence-corrected chi connectivity index (χ2v) is 4.00. The van der Waals surface area contributed by atoms with Gasteiger partial charge in [0, 0.05) is 12.1 Å². The number of allylic oxidation sites excluding steroid dienone is 3. The van der Waals surface area contributed by atoms with Crippen molar-refractivity contribution in [3.8, 4) is 0 Å². The summed E-state index contributed by atoms with van der Waals surface area (Å²) >= 11 is 0. The molecule has 3 atom stereocenters. The molecule has 2 heteroatoms. The molecule has 0 spiro atoms. The van der Waals surface area contributed by atoms with Crippen LogP contribution in [0, 0.1) is 5.92 Å². The maximum Gasteiger partial charge on any atom is 0.0284 e. The number of rotatable bonds is 1. The van der Waals surface area contributed by atoms with Crippen molar-refractivity contribution in [2.45, 2.75) is 31.3 Å². The van der Waals surface area contributed by atoms with Crippen LogP contribution in [0.15, 0.2) is 24.3 Å². The zero-order valence-electron chi connectivity index (χ0n) is 7.95. The molecule has 0 aromatic rings. The molecule has 2 rings (SSSR count). The lowest BCUT2D eigenvalue weighted by molar-refractivity contribution is 0.292. The topological polar surface area (TPSA) is 38.0 Å². The van der Waals surface area contributed by atoms with Crippen LogP contribution in [0.25, 0.3) is 0 Å². The van der Waals surface area contributed by atoms with Crippen LogP contribution in [0.1, 0.15) is 19.3 Å². The number of piperidine rings is 1. The van der Waals surface area contributed by atoms with Gasteiger partial charge in [0.2, 0.25) is 0 Å². The Balaban J connectivity index is 1.98. The third kappa shape index (κ3) is 2.01. The van der Waals surface area contributed by atoms with E-state index in [9.17, 15) is 0 Å². The van der Waals surface area contributed by atoms with E-state index in [1.807, 2.05) is 0 Å². The van der Waals surface area contributed by atoms with Gasteiger partial charge in [-0.1, -0.05) is 24.3 Å². The average molecular weight is 178 g/mol. The maximum absolute atomic E-state index is 6.09. The molecule has 1 aliphatic heterocycles. The van der Waals surface area contributed by atoms with Crippen LogP contribution in [-0.4, -0.2) is 18.6 Å². The standard InChI is InChI=1S/C11H18N2/c12-10-7-4-8-13-11(10)9-5-2-1-3-6-9/h1-3,5,9-11,13H,4,6-8,12H2/t9?,10-,11-/m0/s1. The molecular weight excluding hydrogens is 160 g/mol. The minimum Gasteiger partial charge on any atom is -0.326 e. The summed E-state index contributed by atoms with van der Waals surface area (Å²) in [6, 6.07) is 0.838. The van der Waals surface area contributed by atoms with Gasteiger partial charge in [-0.2, -0.15) is 0 Å². The fourth-order valence-electron chi connectivity index (χ4n) is 2.27. The van der Waals surface area contributed by atoms with Crippen molar-refractivity contribution >= 4 is 0 Å². The van der Waals surface area contributed by atoms with Crippen molar-refractivity contribution in [1.82, 2.24) is 5.32 Å². The lowest BCUT2D eigenvalue weighted by atomic mass is 9.84. The molecule has 1 heterocycles. The highest BCUT2D eigenvalue weighted by atomic mass is 15.0. The van der Waals surface area contributed by atoms with Gasteiger partial charge in [-0.15, -0.1) is 0 Å². The van der Waals surface area contributed by atoms with Gasteiger partial charge in [-0.05, 0) is 31.7 Å². The van der Waals surface area contributed by atoms with Crippen molar-refractivity contribution in [2.75, 3.05) is 6.54 Å². The molecule has 3 N–H and O–H groups in total. The van der Waals surface area contributed by atoms with Gasteiger partial charge in [-0.25, -0.2) is 0 Å². The number of hydrogen-bond acceptors (Lipinski definition) is 2. The van der Waals surface area contributed by atoms with Gasteiger partial charge in [0.05, 0.1) is 0 Å². The van der Waals surface area contributed by atoms with Crippen molar-refractivity contribution < 1.29 is 0 Å². The molecule has 1 aliphatic carbocycles. The molecule has 1 fully saturated rings. The van der Waals surface area contributed by atoms with Gasteiger partial charge in [0.25, 0.3) is 0 Å². The Bertz CT molecular complexity index is 220. The molecule has 0 aromatic heterocycles. The first-order valence-corrected chi connectivity index (χ1v) is 5.20. The normalized spacial score (nSPS) is 39.3. The summed E-state index contributed by atoms with van der Waals surface area (Å²) in [6.07, 6.45) is 12.3. The van der Waals surface area contributed by atoms with E-state index in [-0.39, 0.29) is 0 Å². The minimum atomic E-state index is 0.342. The predicted molar refractivity (Wildman–Crippen MR) is 55.4 cm³/mol. The van der Waals surface area contributed by atoms with Crippen LogP contribution in [0.4, 0.5) is 0 Å². The smallest absolute Gasteiger partial charge is 0.0284 e. The van der Waals surface area contributed by atoms with Crippen molar-refractivity contribution in [3.63, 3.8) is 0 Å². The summed E-state index contributed by atoms with van der Waals surface area (Å²) in [6.45, 7) is 1.13. The zero-order chi connectivity index (χ0) is 9.10. The summed E-state index contributed by atoms with van der Waals surface area (Å²) in [7, 11) is 0. The van der Waals surface area contributed by atoms with E-state index < -0.39 is 0 Å². The summed E-state index contributed by atoms with van der Waals surface area (Å²) in [5.41, 5.74) is 6.09. The molecule has 1 unspecified atom stereocenters. The van der Waals surface area contributed by atoms with E-state index in [4.69, 9.17) is 5.73 Å². The van der Waals surface area contributed by atoms with Crippen LogP contribution < -0.4 is 11.1 Å². The maximum atomic E-state index is 6.09. The molecule has 0 saturated carbocycles. The Morgan fingerprint density at radius 2 is 2.23 bits per heavy atom. The third-order valence-electron chi connectivity index (χ3n) is 3.03. The Morgan fingerprint density at radius 3 is 2.92 bits per heavy atom. The molecule has 0 bridgehead atoms. The van der Waals surface area contributed by atoms with Gasteiger partial charge >= 0.3 is 0 Å². The molecule has 1 saturated heterocycles. The Kier molecular flexibility index (Phi) is 2.81. The lowest BCUT2D eigenvalue weighted by Crippen LogP contribution is -2.53. The predicted octanol–water partition coefficient (Wildman–Crippen LogP) is 1.20.